The fourth-order valence-corrected chi connectivity index (χ4v) is 1.89. The number of nitro groups is 1. The van der Waals surface area contributed by atoms with Crippen molar-refractivity contribution in [1.82, 2.24) is 5.16 Å². The lowest BCUT2D eigenvalue weighted by atomic mass is 9.99. The van der Waals surface area contributed by atoms with E-state index in [0.717, 1.165) is 17.5 Å². The topological polar surface area (TPSA) is 95.2 Å². The first-order valence-electron chi connectivity index (χ1n) is 5.98. The average Bonchev–Trinajstić information content (AvgIpc) is 2.71. The summed E-state index contributed by atoms with van der Waals surface area (Å²) >= 11 is 0. The summed E-state index contributed by atoms with van der Waals surface area (Å²) in [6.07, 6.45) is 0.752. The predicted octanol–water partition coefficient (Wildman–Crippen LogP) is 3.03. The van der Waals surface area contributed by atoms with Crippen molar-refractivity contribution in [2.45, 2.75) is 20.3 Å². The Morgan fingerprint density at radius 1 is 1.37 bits per heavy atom. The van der Waals surface area contributed by atoms with E-state index in [1.165, 1.54) is 12.1 Å². The number of hydrogen-bond acceptors (Lipinski definition) is 5. The zero-order chi connectivity index (χ0) is 14.0. The monoisotopic (exact) mass is 261 g/mol. The SMILES string of the molecule is CC(C)Cc1c(N)noc1-c1ccc([N+](=O)[O-])cc1. The van der Waals surface area contributed by atoms with Gasteiger partial charge in [0.25, 0.3) is 5.69 Å². The van der Waals surface area contributed by atoms with E-state index >= 15 is 0 Å². The number of anilines is 1. The quantitative estimate of drug-likeness (QED) is 0.674. The first-order valence-corrected chi connectivity index (χ1v) is 5.98. The minimum Gasteiger partial charge on any atom is -0.381 e. The maximum absolute atomic E-state index is 10.6. The Morgan fingerprint density at radius 3 is 2.53 bits per heavy atom. The average molecular weight is 261 g/mol. The predicted molar refractivity (Wildman–Crippen MR) is 71.5 cm³/mol. The van der Waals surface area contributed by atoms with Crippen LogP contribution < -0.4 is 5.73 Å². The van der Waals surface area contributed by atoms with E-state index in [2.05, 4.69) is 19.0 Å². The molecule has 0 amide bonds. The molecule has 0 aliphatic carbocycles. The Labute approximate surface area is 110 Å². The van der Waals surface area contributed by atoms with Crippen LogP contribution in [0.1, 0.15) is 19.4 Å². The van der Waals surface area contributed by atoms with Gasteiger partial charge in [0.15, 0.2) is 11.6 Å². The van der Waals surface area contributed by atoms with Crippen LogP contribution in [-0.2, 0) is 6.42 Å². The van der Waals surface area contributed by atoms with Crippen molar-refractivity contribution in [2.24, 2.45) is 5.92 Å². The Kier molecular flexibility index (Phi) is 3.50. The van der Waals surface area contributed by atoms with Gasteiger partial charge in [-0.1, -0.05) is 19.0 Å². The molecule has 0 bridgehead atoms. The van der Waals surface area contributed by atoms with Gasteiger partial charge in [0.1, 0.15) is 0 Å². The van der Waals surface area contributed by atoms with Crippen molar-refractivity contribution in [2.75, 3.05) is 5.73 Å². The first kappa shape index (κ1) is 13.1. The second-order valence-corrected chi connectivity index (χ2v) is 4.78. The molecule has 0 saturated carbocycles. The van der Waals surface area contributed by atoms with Crippen LogP contribution in [0.4, 0.5) is 11.5 Å². The first-order chi connectivity index (χ1) is 8.99. The molecule has 2 aromatic rings. The molecule has 0 spiro atoms. The molecule has 100 valence electrons. The lowest BCUT2D eigenvalue weighted by Crippen LogP contribution is -1.99. The van der Waals surface area contributed by atoms with Crippen molar-refractivity contribution >= 4 is 11.5 Å². The largest absolute Gasteiger partial charge is 0.381 e. The molecule has 0 radical (unpaired) electrons. The molecule has 0 fully saturated rings. The molecule has 0 atom stereocenters. The van der Waals surface area contributed by atoms with Gasteiger partial charge < -0.3 is 10.3 Å². The van der Waals surface area contributed by atoms with Gasteiger partial charge >= 0.3 is 0 Å². The number of non-ortho nitro benzene ring substituents is 1. The molecule has 2 N–H and O–H groups in total. The number of aromatic nitrogens is 1. The fourth-order valence-electron chi connectivity index (χ4n) is 1.89. The zero-order valence-corrected chi connectivity index (χ0v) is 10.8. The highest BCUT2D eigenvalue weighted by atomic mass is 16.6. The number of nitro benzene ring substituents is 1. The minimum atomic E-state index is -0.437. The van der Waals surface area contributed by atoms with Gasteiger partial charge in [-0.05, 0) is 24.5 Å². The molecule has 0 saturated heterocycles. The third kappa shape index (κ3) is 2.73. The number of benzene rings is 1. The van der Waals surface area contributed by atoms with Crippen LogP contribution in [0.25, 0.3) is 11.3 Å². The van der Waals surface area contributed by atoms with Gasteiger partial charge in [-0.3, -0.25) is 10.1 Å². The molecular formula is C13H15N3O3. The Balaban J connectivity index is 2.38. The van der Waals surface area contributed by atoms with Gasteiger partial charge in [-0.25, -0.2) is 0 Å². The van der Waals surface area contributed by atoms with Crippen molar-refractivity contribution in [3.63, 3.8) is 0 Å². The van der Waals surface area contributed by atoms with Crippen molar-refractivity contribution in [3.8, 4) is 11.3 Å². The molecule has 1 aromatic heterocycles. The van der Waals surface area contributed by atoms with E-state index in [0.29, 0.717) is 17.5 Å². The smallest absolute Gasteiger partial charge is 0.269 e. The standard InChI is InChI=1S/C13H15N3O3/c1-8(2)7-11-12(19-15-13(11)14)9-3-5-10(6-4-9)16(17)18/h3-6,8H,7H2,1-2H3,(H2,14,15). The molecule has 2 rings (SSSR count). The van der Waals surface area contributed by atoms with Crippen LogP contribution >= 0.6 is 0 Å². The van der Waals surface area contributed by atoms with Crippen LogP contribution in [0.5, 0.6) is 0 Å². The molecule has 6 nitrogen and oxygen atoms in total. The second kappa shape index (κ2) is 5.09. The summed E-state index contributed by atoms with van der Waals surface area (Å²) < 4.78 is 5.24. The molecule has 6 heteroatoms. The van der Waals surface area contributed by atoms with Crippen LogP contribution in [0.15, 0.2) is 28.8 Å². The highest BCUT2D eigenvalue weighted by molar-refractivity contribution is 5.67. The maximum atomic E-state index is 10.6. The lowest BCUT2D eigenvalue weighted by molar-refractivity contribution is -0.384. The summed E-state index contributed by atoms with van der Waals surface area (Å²) in [5.41, 5.74) is 7.43. The molecule has 19 heavy (non-hydrogen) atoms. The van der Waals surface area contributed by atoms with Gasteiger partial charge in [0, 0.05) is 23.3 Å². The summed E-state index contributed by atoms with van der Waals surface area (Å²) in [4.78, 5) is 10.2. The molecule has 0 aliphatic rings. The van der Waals surface area contributed by atoms with Crippen LogP contribution in [0.3, 0.4) is 0 Å². The number of rotatable bonds is 4. The third-order valence-corrected chi connectivity index (χ3v) is 2.77. The minimum absolute atomic E-state index is 0.0432. The van der Waals surface area contributed by atoms with Gasteiger partial charge in [0.2, 0.25) is 0 Å². The Bertz CT molecular complexity index is 588. The van der Waals surface area contributed by atoms with E-state index in [-0.39, 0.29) is 5.69 Å². The van der Waals surface area contributed by atoms with E-state index in [4.69, 9.17) is 10.3 Å². The van der Waals surface area contributed by atoms with Crippen LogP contribution in [0, 0.1) is 16.0 Å². The number of nitrogens with two attached hydrogens (primary N) is 1. The third-order valence-electron chi connectivity index (χ3n) is 2.77. The van der Waals surface area contributed by atoms with Crippen molar-refractivity contribution in [3.05, 3.63) is 39.9 Å². The van der Waals surface area contributed by atoms with E-state index in [9.17, 15) is 10.1 Å². The molecule has 0 unspecified atom stereocenters. The van der Waals surface area contributed by atoms with E-state index in [1.54, 1.807) is 12.1 Å². The number of hydrogen-bond donors (Lipinski definition) is 1. The summed E-state index contributed by atoms with van der Waals surface area (Å²) in [5, 5.41) is 14.4. The van der Waals surface area contributed by atoms with Gasteiger partial charge in [-0.15, -0.1) is 0 Å². The summed E-state index contributed by atoms with van der Waals surface area (Å²) in [5.74, 6) is 1.38. The molecule has 0 aliphatic heterocycles. The summed E-state index contributed by atoms with van der Waals surface area (Å²) in [6, 6.07) is 6.16. The number of nitrogens with zero attached hydrogens (tertiary/aromatic N) is 2. The van der Waals surface area contributed by atoms with Crippen molar-refractivity contribution < 1.29 is 9.45 Å². The molecule has 1 heterocycles. The zero-order valence-electron chi connectivity index (χ0n) is 10.8. The summed E-state index contributed by atoms with van der Waals surface area (Å²) in [6.45, 7) is 4.15. The van der Waals surface area contributed by atoms with Gasteiger partial charge in [0.05, 0.1) is 4.92 Å². The molecule has 1 aromatic carbocycles. The second-order valence-electron chi connectivity index (χ2n) is 4.78. The van der Waals surface area contributed by atoms with Crippen LogP contribution in [-0.4, -0.2) is 10.1 Å². The Morgan fingerprint density at radius 2 is 2.00 bits per heavy atom. The summed E-state index contributed by atoms with van der Waals surface area (Å²) in [7, 11) is 0. The number of nitrogen functional groups attached to an aromatic ring is 1. The van der Waals surface area contributed by atoms with E-state index < -0.39 is 4.92 Å². The Hall–Kier alpha value is -2.37. The van der Waals surface area contributed by atoms with Crippen molar-refractivity contribution in [1.29, 1.82) is 0 Å². The van der Waals surface area contributed by atoms with Crippen LogP contribution in [0.2, 0.25) is 0 Å². The highest BCUT2D eigenvalue weighted by Gasteiger charge is 2.17. The fraction of sp³-hybridized carbons (Fsp3) is 0.308. The lowest BCUT2D eigenvalue weighted by Gasteiger charge is -2.05. The van der Waals surface area contributed by atoms with E-state index in [1.807, 2.05) is 0 Å². The normalized spacial score (nSPS) is 10.9. The highest BCUT2D eigenvalue weighted by Crippen LogP contribution is 2.30. The van der Waals surface area contributed by atoms with Gasteiger partial charge in [-0.2, -0.15) is 0 Å². The molecular weight excluding hydrogens is 246 g/mol. The maximum Gasteiger partial charge on any atom is 0.269 e.